The van der Waals surface area contributed by atoms with Crippen LogP contribution in [0.25, 0.3) is 0 Å². The van der Waals surface area contributed by atoms with Gasteiger partial charge in [-0.1, -0.05) is 43.7 Å². The Balaban J connectivity index is 2.60. The largest absolute Gasteiger partial charge is 0.469 e. The molecule has 1 aromatic rings. The Morgan fingerprint density at radius 2 is 1.81 bits per heavy atom. The van der Waals surface area contributed by atoms with E-state index >= 15 is 0 Å². The van der Waals surface area contributed by atoms with Crippen molar-refractivity contribution in [1.29, 1.82) is 0 Å². The summed E-state index contributed by atoms with van der Waals surface area (Å²) in [5.74, 6) is 0.126. The summed E-state index contributed by atoms with van der Waals surface area (Å²) in [7, 11) is 1.44. The SMILES string of the molecule is COC(=O)[C@H](C)[C@H](C)Cc1ccc(C)cc1. The van der Waals surface area contributed by atoms with Gasteiger partial charge in [-0.25, -0.2) is 0 Å². The van der Waals surface area contributed by atoms with Crippen LogP contribution in [0.3, 0.4) is 0 Å². The standard InChI is InChI=1S/C14H20O2/c1-10-5-7-13(8-6-10)9-11(2)12(3)14(15)16-4/h5-8,11-12H,9H2,1-4H3/t11-,12-/m1/s1. The molecular formula is C14H20O2. The zero-order valence-corrected chi connectivity index (χ0v) is 10.5. The zero-order valence-electron chi connectivity index (χ0n) is 10.5. The molecule has 0 radical (unpaired) electrons. The number of aryl methyl sites for hydroxylation is 1. The van der Waals surface area contributed by atoms with E-state index in [2.05, 4.69) is 38.1 Å². The van der Waals surface area contributed by atoms with Crippen molar-refractivity contribution >= 4 is 5.97 Å². The van der Waals surface area contributed by atoms with Crippen LogP contribution >= 0.6 is 0 Å². The van der Waals surface area contributed by atoms with E-state index < -0.39 is 0 Å². The van der Waals surface area contributed by atoms with E-state index in [-0.39, 0.29) is 11.9 Å². The molecule has 0 amide bonds. The highest BCUT2D eigenvalue weighted by Crippen LogP contribution is 2.18. The first-order valence-electron chi connectivity index (χ1n) is 5.68. The van der Waals surface area contributed by atoms with E-state index in [4.69, 9.17) is 4.74 Å². The van der Waals surface area contributed by atoms with Crippen molar-refractivity contribution in [3.8, 4) is 0 Å². The van der Waals surface area contributed by atoms with Gasteiger partial charge in [-0.2, -0.15) is 0 Å². The summed E-state index contributed by atoms with van der Waals surface area (Å²) in [5, 5.41) is 0. The van der Waals surface area contributed by atoms with E-state index in [1.54, 1.807) is 0 Å². The predicted octanol–water partition coefficient (Wildman–Crippen LogP) is 2.98. The van der Waals surface area contributed by atoms with Crippen LogP contribution in [-0.4, -0.2) is 13.1 Å². The smallest absolute Gasteiger partial charge is 0.308 e. The molecule has 0 fully saturated rings. The third-order valence-corrected chi connectivity index (χ3v) is 3.10. The first-order valence-corrected chi connectivity index (χ1v) is 5.68. The van der Waals surface area contributed by atoms with Crippen molar-refractivity contribution in [3.05, 3.63) is 35.4 Å². The van der Waals surface area contributed by atoms with Gasteiger partial charge in [0.1, 0.15) is 0 Å². The van der Waals surface area contributed by atoms with Gasteiger partial charge in [0.15, 0.2) is 0 Å². The van der Waals surface area contributed by atoms with Crippen molar-refractivity contribution in [2.45, 2.75) is 27.2 Å². The molecule has 0 bridgehead atoms. The normalized spacial score (nSPS) is 14.2. The third kappa shape index (κ3) is 3.37. The Labute approximate surface area is 97.6 Å². The maximum Gasteiger partial charge on any atom is 0.308 e. The third-order valence-electron chi connectivity index (χ3n) is 3.10. The highest BCUT2D eigenvalue weighted by atomic mass is 16.5. The molecule has 0 saturated heterocycles. The van der Waals surface area contributed by atoms with Gasteiger partial charge in [0.05, 0.1) is 13.0 Å². The predicted molar refractivity (Wildman–Crippen MR) is 65.2 cm³/mol. The Morgan fingerprint density at radius 1 is 1.25 bits per heavy atom. The van der Waals surface area contributed by atoms with Crippen molar-refractivity contribution in [2.75, 3.05) is 7.11 Å². The minimum atomic E-state index is -0.125. The van der Waals surface area contributed by atoms with Crippen LogP contribution in [0.5, 0.6) is 0 Å². The summed E-state index contributed by atoms with van der Waals surface area (Å²) >= 11 is 0. The van der Waals surface area contributed by atoms with Crippen LogP contribution in [0.15, 0.2) is 24.3 Å². The summed E-state index contributed by atoms with van der Waals surface area (Å²) in [4.78, 5) is 11.4. The number of esters is 1. The van der Waals surface area contributed by atoms with Crippen molar-refractivity contribution < 1.29 is 9.53 Å². The number of methoxy groups -OCH3 is 1. The minimum absolute atomic E-state index is 0.0497. The summed E-state index contributed by atoms with van der Waals surface area (Å²) < 4.78 is 4.75. The molecule has 0 spiro atoms. The molecule has 0 N–H and O–H groups in total. The molecule has 0 aromatic heterocycles. The van der Waals surface area contributed by atoms with E-state index in [9.17, 15) is 4.79 Å². The molecule has 0 unspecified atom stereocenters. The number of hydrogen-bond acceptors (Lipinski definition) is 2. The van der Waals surface area contributed by atoms with Gasteiger partial charge in [-0.15, -0.1) is 0 Å². The molecule has 1 aromatic carbocycles. The summed E-state index contributed by atoms with van der Waals surface area (Å²) in [6, 6.07) is 8.45. The number of ether oxygens (including phenoxy) is 1. The molecule has 0 aliphatic carbocycles. The molecule has 0 aliphatic rings. The topological polar surface area (TPSA) is 26.3 Å². The highest BCUT2D eigenvalue weighted by molar-refractivity contribution is 5.72. The van der Waals surface area contributed by atoms with E-state index in [0.29, 0.717) is 5.92 Å². The summed E-state index contributed by atoms with van der Waals surface area (Å²) in [5.41, 5.74) is 2.53. The van der Waals surface area contributed by atoms with Crippen molar-refractivity contribution in [2.24, 2.45) is 11.8 Å². The molecule has 88 valence electrons. The zero-order chi connectivity index (χ0) is 12.1. The van der Waals surface area contributed by atoms with Gasteiger partial charge in [-0.3, -0.25) is 4.79 Å². The average molecular weight is 220 g/mol. The Kier molecular flexibility index (Phi) is 4.53. The van der Waals surface area contributed by atoms with Gasteiger partial charge >= 0.3 is 5.97 Å². The van der Waals surface area contributed by atoms with Gasteiger partial charge in [-0.05, 0) is 24.8 Å². The lowest BCUT2D eigenvalue weighted by atomic mass is 9.89. The first-order chi connectivity index (χ1) is 7.54. The number of benzene rings is 1. The number of hydrogen-bond donors (Lipinski definition) is 0. The van der Waals surface area contributed by atoms with Gasteiger partial charge in [0.25, 0.3) is 0 Å². The lowest BCUT2D eigenvalue weighted by molar-refractivity contribution is -0.146. The van der Waals surface area contributed by atoms with Crippen LogP contribution in [0, 0.1) is 18.8 Å². The van der Waals surface area contributed by atoms with Crippen LogP contribution < -0.4 is 0 Å². The molecule has 0 heterocycles. The van der Waals surface area contributed by atoms with Crippen LogP contribution in [0.1, 0.15) is 25.0 Å². The number of rotatable bonds is 4. The molecule has 2 heteroatoms. The van der Waals surface area contributed by atoms with E-state index in [0.717, 1.165) is 6.42 Å². The van der Waals surface area contributed by atoms with Crippen LogP contribution in [0.2, 0.25) is 0 Å². The lowest BCUT2D eigenvalue weighted by Crippen LogP contribution is -2.21. The van der Waals surface area contributed by atoms with E-state index in [1.165, 1.54) is 18.2 Å². The second-order valence-corrected chi connectivity index (χ2v) is 4.48. The van der Waals surface area contributed by atoms with Gasteiger partial charge in [0, 0.05) is 0 Å². The fourth-order valence-electron chi connectivity index (χ4n) is 1.69. The van der Waals surface area contributed by atoms with Crippen LogP contribution in [-0.2, 0) is 16.0 Å². The molecule has 16 heavy (non-hydrogen) atoms. The lowest BCUT2D eigenvalue weighted by Gasteiger charge is -2.17. The fraction of sp³-hybridized carbons (Fsp3) is 0.500. The highest BCUT2D eigenvalue weighted by Gasteiger charge is 2.20. The summed E-state index contributed by atoms with van der Waals surface area (Å²) in [6.07, 6.45) is 0.913. The number of carbonyl (C=O) groups excluding carboxylic acids is 1. The van der Waals surface area contributed by atoms with Crippen molar-refractivity contribution in [1.82, 2.24) is 0 Å². The van der Waals surface area contributed by atoms with Crippen LogP contribution in [0.4, 0.5) is 0 Å². The maximum absolute atomic E-state index is 11.4. The molecular weight excluding hydrogens is 200 g/mol. The Bertz CT molecular complexity index is 340. The second kappa shape index (κ2) is 5.69. The number of carbonyl (C=O) groups is 1. The first kappa shape index (κ1) is 12.8. The second-order valence-electron chi connectivity index (χ2n) is 4.48. The quantitative estimate of drug-likeness (QED) is 0.729. The van der Waals surface area contributed by atoms with Gasteiger partial charge < -0.3 is 4.74 Å². The molecule has 0 saturated carbocycles. The maximum atomic E-state index is 11.4. The minimum Gasteiger partial charge on any atom is -0.469 e. The van der Waals surface area contributed by atoms with Crippen molar-refractivity contribution in [3.63, 3.8) is 0 Å². The van der Waals surface area contributed by atoms with E-state index in [1.807, 2.05) is 6.92 Å². The molecule has 1 rings (SSSR count). The molecule has 2 atom stereocenters. The fourth-order valence-corrected chi connectivity index (χ4v) is 1.69. The molecule has 0 aliphatic heterocycles. The molecule has 2 nitrogen and oxygen atoms in total. The Morgan fingerprint density at radius 3 is 2.31 bits per heavy atom. The Hall–Kier alpha value is -1.31. The summed E-state index contributed by atoms with van der Waals surface area (Å²) in [6.45, 7) is 6.08. The monoisotopic (exact) mass is 220 g/mol. The van der Waals surface area contributed by atoms with Gasteiger partial charge in [0.2, 0.25) is 0 Å². The average Bonchev–Trinajstić information content (AvgIpc) is 2.30.